The highest BCUT2D eigenvalue weighted by Crippen LogP contribution is 2.21. The van der Waals surface area contributed by atoms with Crippen molar-refractivity contribution in [2.45, 2.75) is 24.8 Å². The third-order valence-electron chi connectivity index (χ3n) is 3.07. The van der Waals surface area contributed by atoms with Crippen molar-refractivity contribution >= 4 is 36.4 Å². The second-order valence-electron chi connectivity index (χ2n) is 4.42. The molecule has 1 heterocycles. The van der Waals surface area contributed by atoms with Gasteiger partial charge < -0.3 is 11.1 Å². The molecule has 3 N–H and O–H groups in total. The van der Waals surface area contributed by atoms with Gasteiger partial charge in [0.1, 0.15) is 0 Å². The second-order valence-corrected chi connectivity index (χ2v) is 4.85. The lowest BCUT2D eigenvalue weighted by atomic mass is 9.83. The summed E-state index contributed by atoms with van der Waals surface area (Å²) in [5.74, 6) is 0. The fraction of sp³-hybridized carbons (Fsp3) is 0.500. The molecule has 0 radical (unpaired) electrons. The van der Waals surface area contributed by atoms with Crippen LogP contribution in [-0.4, -0.2) is 18.6 Å². The van der Waals surface area contributed by atoms with Crippen molar-refractivity contribution in [1.82, 2.24) is 5.32 Å². The molecule has 1 aliphatic heterocycles. The number of rotatable bonds is 2. The number of hydrogen-bond donors (Lipinski definition) is 2. The Bertz CT molecular complexity index is 321. The Morgan fingerprint density at radius 3 is 2.18 bits per heavy atom. The van der Waals surface area contributed by atoms with Crippen LogP contribution in [0.15, 0.2) is 24.3 Å². The SMILES string of the molecule is Cl.Cl.NC1(Cc2ccc(Cl)cc2)CCNCC1. The molecule has 5 heteroatoms. The van der Waals surface area contributed by atoms with Crippen LogP contribution < -0.4 is 11.1 Å². The van der Waals surface area contributed by atoms with E-state index in [0.29, 0.717) is 0 Å². The van der Waals surface area contributed by atoms with Crippen molar-refractivity contribution in [2.75, 3.05) is 13.1 Å². The van der Waals surface area contributed by atoms with Gasteiger partial charge in [0.05, 0.1) is 0 Å². The predicted molar refractivity (Wildman–Crippen MR) is 78.7 cm³/mol. The van der Waals surface area contributed by atoms with Crippen LogP contribution in [0, 0.1) is 0 Å². The van der Waals surface area contributed by atoms with Crippen molar-refractivity contribution in [3.05, 3.63) is 34.9 Å². The minimum absolute atomic E-state index is 0. The van der Waals surface area contributed by atoms with Gasteiger partial charge in [-0.3, -0.25) is 0 Å². The van der Waals surface area contributed by atoms with Crippen LogP contribution in [0.25, 0.3) is 0 Å². The lowest BCUT2D eigenvalue weighted by Gasteiger charge is -2.34. The Hall–Kier alpha value is 0.01000. The lowest BCUT2D eigenvalue weighted by Crippen LogP contribution is -2.50. The smallest absolute Gasteiger partial charge is 0.0406 e. The van der Waals surface area contributed by atoms with Crippen LogP contribution in [0.3, 0.4) is 0 Å². The Labute approximate surface area is 120 Å². The molecule has 2 nitrogen and oxygen atoms in total. The fourth-order valence-electron chi connectivity index (χ4n) is 2.11. The number of nitrogens with two attached hydrogens (primary N) is 1. The Kier molecular flexibility index (Phi) is 7.45. The molecule has 0 aromatic heterocycles. The fourth-order valence-corrected chi connectivity index (χ4v) is 2.24. The van der Waals surface area contributed by atoms with E-state index < -0.39 is 0 Å². The predicted octanol–water partition coefficient (Wildman–Crippen LogP) is 2.81. The standard InChI is InChI=1S/C12H17ClN2.2ClH/c13-11-3-1-10(2-4-11)9-12(14)5-7-15-8-6-12;;/h1-4,15H,5-9,14H2;2*1H. The Morgan fingerprint density at radius 1 is 1.12 bits per heavy atom. The zero-order valence-corrected chi connectivity index (χ0v) is 12.0. The van der Waals surface area contributed by atoms with Crippen LogP contribution in [0.1, 0.15) is 18.4 Å². The highest BCUT2D eigenvalue weighted by Gasteiger charge is 2.27. The van der Waals surface area contributed by atoms with Gasteiger partial charge in [-0.05, 0) is 50.0 Å². The van der Waals surface area contributed by atoms with E-state index in [4.69, 9.17) is 17.3 Å². The van der Waals surface area contributed by atoms with Crippen LogP contribution in [-0.2, 0) is 6.42 Å². The van der Waals surface area contributed by atoms with E-state index in [9.17, 15) is 0 Å². The number of piperidine rings is 1. The van der Waals surface area contributed by atoms with Crippen molar-refractivity contribution in [3.8, 4) is 0 Å². The van der Waals surface area contributed by atoms with E-state index in [0.717, 1.165) is 37.4 Å². The summed E-state index contributed by atoms with van der Waals surface area (Å²) in [7, 11) is 0. The third-order valence-corrected chi connectivity index (χ3v) is 3.32. The van der Waals surface area contributed by atoms with Crippen molar-refractivity contribution in [3.63, 3.8) is 0 Å². The second kappa shape index (κ2) is 7.45. The van der Waals surface area contributed by atoms with E-state index in [1.165, 1.54) is 5.56 Å². The van der Waals surface area contributed by atoms with Gasteiger partial charge in [-0.15, -0.1) is 24.8 Å². The van der Waals surface area contributed by atoms with Crippen LogP contribution in [0.5, 0.6) is 0 Å². The van der Waals surface area contributed by atoms with Crippen molar-refractivity contribution in [2.24, 2.45) is 5.73 Å². The summed E-state index contributed by atoms with van der Waals surface area (Å²) in [6, 6.07) is 8.00. The van der Waals surface area contributed by atoms with Gasteiger partial charge in [0.2, 0.25) is 0 Å². The molecule has 98 valence electrons. The molecule has 1 saturated heterocycles. The van der Waals surface area contributed by atoms with Gasteiger partial charge in [-0.25, -0.2) is 0 Å². The first-order chi connectivity index (χ1) is 7.18. The maximum atomic E-state index is 6.36. The first kappa shape index (κ1) is 17.0. The molecule has 0 saturated carbocycles. The molecule has 1 aromatic carbocycles. The average molecular weight is 298 g/mol. The zero-order valence-electron chi connectivity index (χ0n) is 9.62. The number of benzene rings is 1. The van der Waals surface area contributed by atoms with Crippen molar-refractivity contribution in [1.29, 1.82) is 0 Å². The molecule has 1 aliphatic rings. The summed E-state index contributed by atoms with van der Waals surface area (Å²) in [4.78, 5) is 0. The first-order valence-electron chi connectivity index (χ1n) is 5.42. The molecule has 0 amide bonds. The Balaban J connectivity index is 0.00000128. The average Bonchev–Trinajstić information content (AvgIpc) is 2.22. The molecule has 0 unspecified atom stereocenters. The summed E-state index contributed by atoms with van der Waals surface area (Å²) < 4.78 is 0. The molecule has 1 aromatic rings. The molecule has 2 rings (SSSR count). The van der Waals surface area contributed by atoms with Gasteiger partial charge in [-0.2, -0.15) is 0 Å². The van der Waals surface area contributed by atoms with Gasteiger partial charge in [0, 0.05) is 10.6 Å². The lowest BCUT2D eigenvalue weighted by molar-refractivity contribution is 0.308. The topological polar surface area (TPSA) is 38.0 Å². The van der Waals surface area contributed by atoms with E-state index in [1.807, 2.05) is 12.1 Å². The molecule has 0 aliphatic carbocycles. The number of nitrogens with one attached hydrogen (secondary N) is 1. The van der Waals surface area contributed by atoms with Crippen molar-refractivity contribution < 1.29 is 0 Å². The minimum Gasteiger partial charge on any atom is -0.325 e. The van der Waals surface area contributed by atoms with E-state index in [1.54, 1.807) is 0 Å². The highest BCUT2D eigenvalue weighted by molar-refractivity contribution is 6.30. The molecule has 0 atom stereocenters. The highest BCUT2D eigenvalue weighted by atomic mass is 35.5. The third kappa shape index (κ3) is 5.02. The molecule has 17 heavy (non-hydrogen) atoms. The van der Waals surface area contributed by atoms with E-state index >= 15 is 0 Å². The maximum absolute atomic E-state index is 6.36. The van der Waals surface area contributed by atoms with Gasteiger partial charge in [0.25, 0.3) is 0 Å². The van der Waals surface area contributed by atoms with E-state index in [2.05, 4.69) is 17.4 Å². The minimum atomic E-state index is -0.0287. The molecular formula is C12H19Cl3N2. The summed E-state index contributed by atoms with van der Waals surface area (Å²) >= 11 is 5.85. The molecule has 1 fully saturated rings. The molecule has 0 spiro atoms. The summed E-state index contributed by atoms with van der Waals surface area (Å²) in [6.07, 6.45) is 3.05. The van der Waals surface area contributed by atoms with Gasteiger partial charge >= 0.3 is 0 Å². The zero-order chi connectivity index (χ0) is 10.7. The van der Waals surface area contributed by atoms with Gasteiger partial charge in [0.15, 0.2) is 0 Å². The van der Waals surface area contributed by atoms with E-state index in [-0.39, 0.29) is 30.4 Å². The monoisotopic (exact) mass is 296 g/mol. The normalized spacial score (nSPS) is 17.8. The van der Waals surface area contributed by atoms with Crippen LogP contribution >= 0.6 is 36.4 Å². The molecular weight excluding hydrogens is 279 g/mol. The van der Waals surface area contributed by atoms with Gasteiger partial charge in [-0.1, -0.05) is 23.7 Å². The maximum Gasteiger partial charge on any atom is 0.0406 e. The quantitative estimate of drug-likeness (QED) is 0.881. The largest absolute Gasteiger partial charge is 0.325 e. The first-order valence-corrected chi connectivity index (χ1v) is 5.80. The number of halogens is 3. The van der Waals surface area contributed by atoms with Crippen LogP contribution in [0.4, 0.5) is 0 Å². The number of hydrogen-bond acceptors (Lipinski definition) is 2. The van der Waals surface area contributed by atoms with Crippen LogP contribution in [0.2, 0.25) is 5.02 Å². The summed E-state index contributed by atoms with van der Waals surface area (Å²) in [5.41, 5.74) is 7.61. The summed E-state index contributed by atoms with van der Waals surface area (Å²) in [5, 5.41) is 4.12. The summed E-state index contributed by atoms with van der Waals surface area (Å²) in [6.45, 7) is 2.06. The Morgan fingerprint density at radius 2 is 1.65 bits per heavy atom. The molecule has 0 bridgehead atoms.